The van der Waals surface area contributed by atoms with Crippen LogP contribution in [0.1, 0.15) is 59.3 Å². The summed E-state index contributed by atoms with van der Waals surface area (Å²) in [5.74, 6) is 0.125. The zero-order chi connectivity index (χ0) is 13.2. The molecule has 2 rings (SSSR count). The summed E-state index contributed by atoms with van der Waals surface area (Å²) in [6.45, 7) is 6.33. The van der Waals surface area contributed by atoms with Crippen molar-refractivity contribution in [3.63, 3.8) is 0 Å². The van der Waals surface area contributed by atoms with Crippen molar-refractivity contribution < 1.29 is 4.79 Å². The number of carbonyl (C=O) groups excluding carboxylic acids is 1. The summed E-state index contributed by atoms with van der Waals surface area (Å²) in [7, 11) is 0. The third-order valence-electron chi connectivity index (χ3n) is 3.61. The summed E-state index contributed by atoms with van der Waals surface area (Å²) in [6.07, 6.45) is 7.60. The molecule has 0 spiro atoms. The first-order chi connectivity index (χ1) is 8.47. The van der Waals surface area contributed by atoms with Crippen LogP contribution in [0.4, 0.5) is 0 Å². The quantitative estimate of drug-likeness (QED) is 0.741. The van der Waals surface area contributed by atoms with E-state index in [0.29, 0.717) is 6.04 Å². The molecule has 1 atom stereocenters. The van der Waals surface area contributed by atoms with Crippen molar-refractivity contribution in [1.29, 1.82) is 0 Å². The molecule has 1 aliphatic carbocycles. The van der Waals surface area contributed by atoms with E-state index in [4.69, 9.17) is 4.99 Å². The molecule has 1 unspecified atom stereocenters. The van der Waals surface area contributed by atoms with Gasteiger partial charge in [-0.2, -0.15) is 0 Å². The third-order valence-corrected chi connectivity index (χ3v) is 5.20. The molecule has 1 amide bonds. The van der Waals surface area contributed by atoms with E-state index in [2.05, 4.69) is 26.1 Å². The lowest BCUT2D eigenvalue weighted by atomic mass is 9.91. The van der Waals surface area contributed by atoms with Crippen LogP contribution in [-0.2, 0) is 4.79 Å². The van der Waals surface area contributed by atoms with Gasteiger partial charge in [0.15, 0.2) is 5.17 Å². The van der Waals surface area contributed by atoms with Crippen LogP contribution in [-0.4, -0.2) is 22.4 Å². The van der Waals surface area contributed by atoms with Gasteiger partial charge in [0.25, 0.3) is 0 Å². The van der Waals surface area contributed by atoms with Crippen molar-refractivity contribution in [2.45, 2.75) is 70.6 Å². The van der Waals surface area contributed by atoms with E-state index in [0.717, 1.165) is 5.17 Å². The molecule has 18 heavy (non-hydrogen) atoms. The number of aliphatic imine (C=N–C) groups is 1. The predicted octanol–water partition coefficient (Wildman–Crippen LogP) is 3.34. The Morgan fingerprint density at radius 3 is 2.28 bits per heavy atom. The van der Waals surface area contributed by atoms with Gasteiger partial charge in [0, 0.05) is 0 Å². The second kappa shape index (κ2) is 5.64. The number of hydrogen-bond donors (Lipinski definition) is 1. The van der Waals surface area contributed by atoms with Crippen molar-refractivity contribution in [2.24, 2.45) is 10.4 Å². The summed E-state index contributed by atoms with van der Waals surface area (Å²) in [6, 6.07) is 0.425. The molecular weight excluding hydrogens is 244 g/mol. The Morgan fingerprint density at radius 1 is 1.17 bits per heavy atom. The van der Waals surface area contributed by atoms with Gasteiger partial charge in [0.2, 0.25) is 5.91 Å². The Balaban J connectivity index is 2.00. The van der Waals surface area contributed by atoms with E-state index in [-0.39, 0.29) is 16.6 Å². The Labute approximate surface area is 114 Å². The highest BCUT2D eigenvalue weighted by molar-refractivity contribution is 8.15. The average Bonchev–Trinajstić information content (AvgIpc) is 2.49. The maximum atomic E-state index is 11.9. The minimum Gasteiger partial charge on any atom is -0.304 e. The minimum absolute atomic E-state index is 0.00188. The van der Waals surface area contributed by atoms with Crippen LogP contribution >= 0.6 is 11.8 Å². The zero-order valence-corrected chi connectivity index (χ0v) is 12.5. The number of rotatable bonds is 1. The molecule has 2 aliphatic rings. The molecule has 1 heterocycles. The number of carbonyl (C=O) groups is 1. The lowest BCUT2D eigenvalue weighted by Crippen LogP contribution is -2.33. The monoisotopic (exact) mass is 268 g/mol. The molecule has 1 N–H and O–H groups in total. The molecule has 0 aromatic rings. The van der Waals surface area contributed by atoms with E-state index in [9.17, 15) is 4.79 Å². The first-order valence-electron chi connectivity index (χ1n) is 7.02. The van der Waals surface area contributed by atoms with Gasteiger partial charge >= 0.3 is 0 Å². The van der Waals surface area contributed by atoms with Crippen molar-refractivity contribution in [3.8, 4) is 0 Å². The normalized spacial score (nSPS) is 29.4. The Bertz CT molecular complexity index is 338. The van der Waals surface area contributed by atoms with Crippen LogP contribution in [0, 0.1) is 5.41 Å². The summed E-state index contributed by atoms with van der Waals surface area (Å²) in [4.78, 5) is 16.7. The molecule has 1 saturated carbocycles. The second-order valence-electron chi connectivity index (χ2n) is 6.43. The maximum Gasteiger partial charge on any atom is 0.240 e. The summed E-state index contributed by atoms with van der Waals surface area (Å²) >= 11 is 1.62. The zero-order valence-electron chi connectivity index (χ0n) is 11.7. The molecule has 4 heteroatoms. The van der Waals surface area contributed by atoms with Crippen LogP contribution in [0.25, 0.3) is 0 Å². The smallest absolute Gasteiger partial charge is 0.240 e. The highest BCUT2D eigenvalue weighted by atomic mass is 32.2. The Morgan fingerprint density at radius 2 is 1.78 bits per heavy atom. The van der Waals surface area contributed by atoms with Crippen molar-refractivity contribution in [1.82, 2.24) is 5.32 Å². The maximum absolute atomic E-state index is 11.9. The fourth-order valence-electron chi connectivity index (χ4n) is 2.55. The summed E-state index contributed by atoms with van der Waals surface area (Å²) < 4.78 is 0. The highest BCUT2D eigenvalue weighted by Crippen LogP contribution is 2.35. The van der Waals surface area contributed by atoms with E-state index >= 15 is 0 Å². The van der Waals surface area contributed by atoms with Gasteiger partial charge in [-0.25, -0.2) is 0 Å². The minimum atomic E-state index is -0.00449. The van der Waals surface area contributed by atoms with Crippen LogP contribution in [0.15, 0.2) is 4.99 Å². The number of amides is 1. The van der Waals surface area contributed by atoms with Gasteiger partial charge in [-0.05, 0) is 18.3 Å². The highest BCUT2D eigenvalue weighted by Gasteiger charge is 2.39. The number of thioether (sulfide) groups is 1. The first kappa shape index (κ1) is 13.9. The van der Waals surface area contributed by atoms with Gasteiger partial charge in [-0.1, -0.05) is 58.2 Å². The van der Waals surface area contributed by atoms with E-state index in [1.165, 1.54) is 38.5 Å². The molecule has 0 radical (unpaired) electrons. The van der Waals surface area contributed by atoms with Crippen molar-refractivity contribution >= 4 is 22.8 Å². The lowest BCUT2D eigenvalue weighted by Gasteiger charge is -2.22. The SMILES string of the molecule is CC(C)(C)C1SC(=NC2CCCCCC2)NC1=O. The van der Waals surface area contributed by atoms with E-state index in [1.54, 1.807) is 11.8 Å². The van der Waals surface area contributed by atoms with Crippen molar-refractivity contribution in [3.05, 3.63) is 0 Å². The van der Waals surface area contributed by atoms with E-state index in [1.807, 2.05) is 0 Å². The standard InChI is InChI=1S/C14H24N2OS/c1-14(2,3)11-12(17)16-13(18-11)15-10-8-6-4-5-7-9-10/h10-11H,4-9H2,1-3H3,(H,15,16,17). The van der Waals surface area contributed by atoms with Crippen molar-refractivity contribution in [2.75, 3.05) is 0 Å². The molecular formula is C14H24N2OS. The molecule has 0 aromatic heterocycles. The lowest BCUT2D eigenvalue weighted by molar-refractivity contribution is -0.120. The average molecular weight is 268 g/mol. The van der Waals surface area contributed by atoms with Gasteiger partial charge in [-0.3, -0.25) is 9.79 Å². The largest absolute Gasteiger partial charge is 0.304 e. The molecule has 102 valence electrons. The first-order valence-corrected chi connectivity index (χ1v) is 7.90. The van der Waals surface area contributed by atoms with Crippen LogP contribution in [0.3, 0.4) is 0 Å². The molecule has 3 nitrogen and oxygen atoms in total. The molecule has 2 fully saturated rings. The molecule has 1 saturated heterocycles. The van der Waals surface area contributed by atoms with Gasteiger partial charge in [0.05, 0.1) is 11.3 Å². The van der Waals surface area contributed by atoms with Crippen LogP contribution < -0.4 is 5.32 Å². The third kappa shape index (κ3) is 3.50. The summed E-state index contributed by atoms with van der Waals surface area (Å²) in [5.41, 5.74) is -0.00449. The molecule has 0 aromatic carbocycles. The second-order valence-corrected chi connectivity index (χ2v) is 7.53. The number of nitrogens with zero attached hydrogens (tertiary/aromatic N) is 1. The topological polar surface area (TPSA) is 41.5 Å². The van der Waals surface area contributed by atoms with Gasteiger partial charge < -0.3 is 5.32 Å². The fraction of sp³-hybridized carbons (Fsp3) is 0.857. The molecule has 0 bridgehead atoms. The number of nitrogens with one attached hydrogen (secondary N) is 1. The van der Waals surface area contributed by atoms with E-state index < -0.39 is 0 Å². The number of hydrogen-bond acceptors (Lipinski definition) is 3. The van der Waals surface area contributed by atoms with Gasteiger partial charge in [-0.15, -0.1) is 0 Å². The van der Waals surface area contributed by atoms with Crippen LogP contribution in [0.5, 0.6) is 0 Å². The van der Waals surface area contributed by atoms with Crippen LogP contribution in [0.2, 0.25) is 0 Å². The summed E-state index contributed by atoms with van der Waals surface area (Å²) in [5, 5.41) is 3.81. The Kier molecular flexibility index (Phi) is 4.36. The fourth-order valence-corrected chi connectivity index (χ4v) is 3.66. The predicted molar refractivity (Wildman–Crippen MR) is 77.9 cm³/mol. The number of amidine groups is 1. The van der Waals surface area contributed by atoms with Gasteiger partial charge in [0.1, 0.15) is 0 Å². The molecule has 1 aliphatic heterocycles. The Hall–Kier alpha value is -0.510.